The Balaban J connectivity index is 1.31. The number of pyridine rings is 1. The summed E-state index contributed by atoms with van der Waals surface area (Å²) in [6.45, 7) is 2.88. The van der Waals surface area contributed by atoms with Gasteiger partial charge >= 0.3 is 6.09 Å². The van der Waals surface area contributed by atoms with E-state index in [1.54, 1.807) is 19.2 Å². The molecule has 1 aromatic heterocycles. The van der Waals surface area contributed by atoms with Gasteiger partial charge in [-0.2, -0.15) is 0 Å². The normalized spacial score (nSPS) is 29.8. The maximum absolute atomic E-state index is 13.6. The second kappa shape index (κ2) is 10.2. The molecule has 3 fully saturated rings. The largest absolute Gasteiger partial charge is 0.450 e. The average molecular weight is 478 g/mol. The molecule has 0 bridgehead atoms. The van der Waals surface area contributed by atoms with Crippen LogP contribution in [0.1, 0.15) is 38.3 Å². The maximum Gasteiger partial charge on any atom is 0.407 e. The molecular weight excluding hydrogens is 445 g/mol. The highest BCUT2D eigenvalue weighted by molar-refractivity contribution is 5.81. The van der Waals surface area contributed by atoms with Gasteiger partial charge in [-0.3, -0.25) is 9.78 Å². The highest BCUT2D eigenvalue weighted by Crippen LogP contribution is 2.50. The molecule has 3 aliphatic rings. The lowest BCUT2D eigenvalue weighted by Gasteiger charge is -2.47. The Morgan fingerprint density at radius 3 is 2.86 bits per heavy atom. The Bertz CT molecular complexity index is 1100. The SMILES string of the molecule is CCOC(=O)N[C@@H]1CC[C@@H]2[C@@H](C1)C[C@@H]1C(=O)NC[C@@H]1[C@H]2C=Cc1ccc(-c2cccc(F)c2)cn1. The van der Waals surface area contributed by atoms with Gasteiger partial charge in [0.15, 0.2) is 0 Å². The molecule has 0 radical (unpaired) electrons. The first-order valence-corrected chi connectivity index (χ1v) is 12.6. The molecule has 1 saturated heterocycles. The number of aromatic nitrogens is 1. The van der Waals surface area contributed by atoms with Crippen molar-refractivity contribution in [2.24, 2.45) is 29.6 Å². The number of allylic oxidation sites excluding steroid dienone is 1. The van der Waals surface area contributed by atoms with Crippen LogP contribution in [0.5, 0.6) is 0 Å². The predicted molar refractivity (Wildman–Crippen MR) is 132 cm³/mol. The van der Waals surface area contributed by atoms with Crippen LogP contribution in [0.15, 0.2) is 48.7 Å². The number of fused-ring (bicyclic) bond motifs is 2. The molecule has 2 amide bonds. The van der Waals surface area contributed by atoms with Crippen LogP contribution in [0.2, 0.25) is 0 Å². The number of carbonyl (C=O) groups is 2. The van der Waals surface area contributed by atoms with E-state index in [1.165, 1.54) is 12.1 Å². The standard InChI is InChI=1S/C28H32FN3O3/c1-2-35-28(34)32-22-9-10-23-19(13-22)14-25-26(16-31-27(25)33)24(23)11-8-21-7-6-18(15-30-21)17-4-3-5-20(29)12-17/h3-8,11-12,15,19,22-26H,2,9-10,13-14,16H2,1H3,(H,31,33)(H,32,34)/t19-,22+,23+,24-,25-,26+/m0/s1. The quantitative estimate of drug-likeness (QED) is 0.648. The van der Waals surface area contributed by atoms with Crippen molar-refractivity contribution >= 4 is 18.1 Å². The van der Waals surface area contributed by atoms with Crippen LogP contribution in [0.3, 0.4) is 0 Å². The van der Waals surface area contributed by atoms with E-state index >= 15 is 0 Å². The monoisotopic (exact) mass is 477 g/mol. The number of nitrogens with zero attached hydrogens (tertiary/aromatic N) is 1. The van der Waals surface area contributed by atoms with Crippen LogP contribution < -0.4 is 10.6 Å². The fourth-order valence-corrected chi connectivity index (χ4v) is 6.39. The molecule has 6 nitrogen and oxygen atoms in total. The first-order valence-electron chi connectivity index (χ1n) is 12.6. The van der Waals surface area contributed by atoms with E-state index in [9.17, 15) is 14.0 Å². The molecule has 2 aromatic rings. The summed E-state index contributed by atoms with van der Waals surface area (Å²) < 4.78 is 18.6. The third kappa shape index (κ3) is 5.09. The van der Waals surface area contributed by atoms with Gasteiger partial charge in [-0.15, -0.1) is 0 Å². The molecule has 184 valence electrons. The number of benzene rings is 1. The van der Waals surface area contributed by atoms with Gasteiger partial charge in [-0.1, -0.05) is 24.3 Å². The minimum atomic E-state index is -0.354. The molecule has 2 aliphatic carbocycles. The highest BCUT2D eigenvalue weighted by atomic mass is 19.1. The Morgan fingerprint density at radius 1 is 1.20 bits per heavy atom. The van der Waals surface area contributed by atoms with E-state index in [1.807, 2.05) is 18.2 Å². The minimum absolute atomic E-state index is 0.0237. The number of hydrogen-bond donors (Lipinski definition) is 2. The van der Waals surface area contributed by atoms with E-state index in [0.29, 0.717) is 24.4 Å². The smallest absolute Gasteiger partial charge is 0.407 e. The maximum atomic E-state index is 13.6. The Morgan fingerprint density at radius 2 is 2.09 bits per heavy atom. The van der Waals surface area contributed by atoms with Gasteiger partial charge < -0.3 is 15.4 Å². The van der Waals surface area contributed by atoms with Gasteiger partial charge in [0.1, 0.15) is 5.82 Å². The van der Waals surface area contributed by atoms with Crippen molar-refractivity contribution < 1.29 is 18.7 Å². The summed E-state index contributed by atoms with van der Waals surface area (Å²) in [7, 11) is 0. The zero-order valence-corrected chi connectivity index (χ0v) is 20.0. The lowest BCUT2D eigenvalue weighted by Crippen LogP contribution is -2.47. The summed E-state index contributed by atoms with van der Waals surface area (Å²) in [5.74, 6) is 1.36. The molecule has 35 heavy (non-hydrogen) atoms. The summed E-state index contributed by atoms with van der Waals surface area (Å²) in [4.78, 5) is 29.1. The number of rotatable bonds is 5. The van der Waals surface area contributed by atoms with Crippen molar-refractivity contribution in [2.45, 2.75) is 38.6 Å². The van der Waals surface area contributed by atoms with E-state index in [2.05, 4.69) is 27.8 Å². The lowest BCUT2D eigenvalue weighted by atomic mass is 9.58. The number of carbonyl (C=O) groups excluding carboxylic acids is 2. The Hall–Kier alpha value is -3.22. The molecule has 2 heterocycles. The topological polar surface area (TPSA) is 80.3 Å². The summed E-state index contributed by atoms with van der Waals surface area (Å²) in [5, 5.41) is 6.09. The van der Waals surface area contributed by atoms with E-state index < -0.39 is 0 Å². The Kier molecular flexibility index (Phi) is 6.84. The summed E-state index contributed by atoms with van der Waals surface area (Å²) in [6, 6.07) is 10.5. The number of nitrogens with one attached hydrogen (secondary N) is 2. The predicted octanol–water partition coefficient (Wildman–Crippen LogP) is 4.81. The van der Waals surface area contributed by atoms with E-state index in [0.717, 1.165) is 49.0 Å². The molecule has 1 aromatic carbocycles. The number of amides is 2. The molecule has 7 heteroatoms. The fourth-order valence-electron chi connectivity index (χ4n) is 6.39. The molecular formula is C28H32FN3O3. The zero-order chi connectivity index (χ0) is 24.4. The first kappa shape index (κ1) is 23.5. The van der Waals surface area contributed by atoms with E-state index in [-0.39, 0.29) is 35.7 Å². The average Bonchev–Trinajstić information content (AvgIpc) is 3.22. The van der Waals surface area contributed by atoms with Gasteiger partial charge in [0, 0.05) is 30.3 Å². The van der Waals surface area contributed by atoms with Crippen molar-refractivity contribution in [3.63, 3.8) is 0 Å². The second-order valence-electron chi connectivity index (χ2n) is 9.97. The van der Waals surface area contributed by atoms with Crippen molar-refractivity contribution in [3.05, 3.63) is 60.2 Å². The van der Waals surface area contributed by atoms with Crippen LogP contribution >= 0.6 is 0 Å². The second-order valence-corrected chi connectivity index (χ2v) is 9.97. The van der Waals surface area contributed by atoms with Gasteiger partial charge in [-0.05, 0) is 86.1 Å². The third-order valence-electron chi connectivity index (χ3n) is 7.98. The number of alkyl carbamates (subject to hydrolysis) is 1. The van der Waals surface area contributed by atoms with Crippen molar-refractivity contribution in [2.75, 3.05) is 13.2 Å². The van der Waals surface area contributed by atoms with Gasteiger partial charge in [0.25, 0.3) is 0 Å². The Labute approximate surface area is 205 Å². The van der Waals surface area contributed by atoms with Crippen LogP contribution in [0.4, 0.5) is 9.18 Å². The summed E-state index contributed by atoms with van der Waals surface area (Å²) in [5.41, 5.74) is 2.52. The molecule has 0 spiro atoms. The first-order chi connectivity index (χ1) is 17.0. The van der Waals surface area contributed by atoms with Crippen molar-refractivity contribution in [1.29, 1.82) is 0 Å². The number of hydrogen-bond acceptors (Lipinski definition) is 4. The minimum Gasteiger partial charge on any atom is -0.450 e. The van der Waals surface area contributed by atoms with Crippen molar-refractivity contribution in [1.82, 2.24) is 15.6 Å². The summed E-state index contributed by atoms with van der Waals surface area (Å²) in [6.07, 6.45) is 9.42. The molecule has 5 rings (SSSR count). The van der Waals surface area contributed by atoms with Gasteiger partial charge in [0.2, 0.25) is 5.91 Å². The fraction of sp³-hybridized carbons (Fsp3) is 0.464. The van der Waals surface area contributed by atoms with Crippen LogP contribution in [0, 0.1) is 35.4 Å². The van der Waals surface area contributed by atoms with Crippen LogP contribution in [0.25, 0.3) is 17.2 Å². The summed E-state index contributed by atoms with van der Waals surface area (Å²) >= 11 is 0. The zero-order valence-electron chi connectivity index (χ0n) is 20.0. The third-order valence-corrected chi connectivity index (χ3v) is 7.98. The lowest BCUT2D eigenvalue weighted by molar-refractivity contribution is -0.125. The highest BCUT2D eigenvalue weighted by Gasteiger charge is 2.50. The molecule has 1 aliphatic heterocycles. The van der Waals surface area contributed by atoms with Gasteiger partial charge in [-0.25, -0.2) is 9.18 Å². The number of ether oxygens (including phenoxy) is 1. The molecule has 0 unspecified atom stereocenters. The number of halogens is 1. The molecule has 6 atom stereocenters. The van der Waals surface area contributed by atoms with Crippen molar-refractivity contribution in [3.8, 4) is 11.1 Å². The van der Waals surface area contributed by atoms with Crippen LogP contribution in [-0.4, -0.2) is 36.2 Å². The van der Waals surface area contributed by atoms with E-state index in [4.69, 9.17) is 4.74 Å². The van der Waals surface area contributed by atoms with Gasteiger partial charge in [0.05, 0.1) is 12.3 Å². The molecule has 2 saturated carbocycles. The molecule has 2 N–H and O–H groups in total. The van der Waals surface area contributed by atoms with Crippen LogP contribution in [-0.2, 0) is 9.53 Å².